The van der Waals surface area contributed by atoms with E-state index in [1.165, 1.54) is 30.6 Å². The van der Waals surface area contributed by atoms with Gasteiger partial charge in [0, 0.05) is 18.3 Å². The fourth-order valence-electron chi connectivity index (χ4n) is 1.53. The number of nitro groups is 1. The standard InChI is InChI=1S/C12H9ClN4O4/c13-9-5-7(17(19)20)1-2-10(9)21-11-6-15-4-3-8(11)12(14)16-18/h1-6,18H,(H2,14,16). The molecule has 1 heterocycles. The van der Waals surface area contributed by atoms with Crippen molar-refractivity contribution in [1.29, 1.82) is 0 Å². The maximum Gasteiger partial charge on any atom is 0.271 e. The molecule has 0 fully saturated rings. The van der Waals surface area contributed by atoms with E-state index in [-0.39, 0.29) is 28.0 Å². The van der Waals surface area contributed by atoms with Crippen LogP contribution in [0.25, 0.3) is 0 Å². The van der Waals surface area contributed by atoms with E-state index in [1.807, 2.05) is 0 Å². The molecule has 2 rings (SSSR count). The van der Waals surface area contributed by atoms with E-state index in [4.69, 9.17) is 27.3 Å². The summed E-state index contributed by atoms with van der Waals surface area (Å²) in [5, 5.41) is 22.3. The van der Waals surface area contributed by atoms with Gasteiger partial charge in [0.25, 0.3) is 5.69 Å². The van der Waals surface area contributed by atoms with Gasteiger partial charge in [-0.15, -0.1) is 0 Å². The average Bonchev–Trinajstić information content (AvgIpc) is 2.49. The summed E-state index contributed by atoms with van der Waals surface area (Å²) in [6.07, 6.45) is 2.79. The second kappa shape index (κ2) is 6.06. The number of halogens is 1. The van der Waals surface area contributed by atoms with Crippen molar-refractivity contribution < 1.29 is 14.9 Å². The van der Waals surface area contributed by atoms with Gasteiger partial charge in [-0.05, 0) is 12.1 Å². The molecule has 0 bridgehead atoms. The lowest BCUT2D eigenvalue weighted by Crippen LogP contribution is -2.14. The van der Waals surface area contributed by atoms with Crippen molar-refractivity contribution in [3.8, 4) is 11.5 Å². The summed E-state index contributed by atoms with van der Waals surface area (Å²) >= 11 is 5.93. The first-order chi connectivity index (χ1) is 10.0. The highest BCUT2D eigenvalue weighted by atomic mass is 35.5. The lowest BCUT2D eigenvalue weighted by Gasteiger charge is -2.10. The van der Waals surface area contributed by atoms with E-state index in [1.54, 1.807) is 0 Å². The van der Waals surface area contributed by atoms with Crippen molar-refractivity contribution in [1.82, 2.24) is 4.98 Å². The van der Waals surface area contributed by atoms with Crippen LogP contribution in [0.5, 0.6) is 11.5 Å². The summed E-state index contributed by atoms with van der Waals surface area (Å²) in [7, 11) is 0. The van der Waals surface area contributed by atoms with E-state index < -0.39 is 4.92 Å². The monoisotopic (exact) mass is 308 g/mol. The minimum absolute atomic E-state index is 0.0542. The summed E-state index contributed by atoms with van der Waals surface area (Å²) in [6, 6.07) is 5.25. The van der Waals surface area contributed by atoms with Crippen molar-refractivity contribution in [2.24, 2.45) is 10.9 Å². The van der Waals surface area contributed by atoms with Crippen molar-refractivity contribution >= 4 is 23.1 Å². The van der Waals surface area contributed by atoms with E-state index >= 15 is 0 Å². The van der Waals surface area contributed by atoms with Gasteiger partial charge >= 0.3 is 0 Å². The Morgan fingerprint density at radius 3 is 2.81 bits per heavy atom. The quantitative estimate of drug-likeness (QED) is 0.294. The van der Waals surface area contributed by atoms with E-state index in [2.05, 4.69) is 10.1 Å². The molecule has 1 aromatic heterocycles. The molecule has 1 aromatic carbocycles. The maximum atomic E-state index is 10.6. The predicted molar refractivity (Wildman–Crippen MR) is 74.9 cm³/mol. The minimum Gasteiger partial charge on any atom is -0.453 e. The Balaban J connectivity index is 2.37. The number of non-ortho nitro benzene ring substituents is 1. The molecule has 21 heavy (non-hydrogen) atoms. The third kappa shape index (κ3) is 3.18. The Kier molecular flexibility index (Phi) is 4.19. The van der Waals surface area contributed by atoms with Crippen LogP contribution in [0.2, 0.25) is 5.02 Å². The number of hydrogen-bond donors (Lipinski definition) is 2. The third-order valence-corrected chi connectivity index (χ3v) is 2.81. The van der Waals surface area contributed by atoms with Gasteiger partial charge in [0.05, 0.1) is 21.7 Å². The van der Waals surface area contributed by atoms with Crippen LogP contribution >= 0.6 is 11.6 Å². The summed E-state index contributed by atoms with van der Waals surface area (Å²) in [4.78, 5) is 13.9. The SMILES string of the molecule is N/C(=N/O)c1ccncc1Oc1ccc([N+](=O)[O-])cc1Cl. The van der Waals surface area contributed by atoms with Crippen LogP contribution in [0.15, 0.2) is 41.8 Å². The Labute approximate surface area is 123 Å². The van der Waals surface area contributed by atoms with Gasteiger partial charge in [-0.1, -0.05) is 16.8 Å². The molecule has 0 spiro atoms. The van der Waals surface area contributed by atoms with Crippen molar-refractivity contribution in [3.05, 3.63) is 57.4 Å². The molecule has 0 unspecified atom stereocenters. The second-order valence-corrected chi connectivity index (χ2v) is 4.24. The van der Waals surface area contributed by atoms with Crippen LogP contribution in [0.3, 0.4) is 0 Å². The fourth-order valence-corrected chi connectivity index (χ4v) is 1.74. The van der Waals surface area contributed by atoms with Crippen LogP contribution in [-0.4, -0.2) is 21.0 Å². The summed E-state index contributed by atoms with van der Waals surface area (Å²) in [6.45, 7) is 0. The van der Waals surface area contributed by atoms with Gasteiger partial charge in [0.2, 0.25) is 0 Å². The molecule has 8 nitrogen and oxygen atoms in total. The molecular formula is C12H9ClN4O4. The Morgan fingerprint density at radius 2 is 2.19 bits per heavy atom. The largest absolute Gasteiger partial charge is 0.453 e. The maximum absolute atomic E-state index is 10.6. The highest BCUT2D eigenvalue weighted by Gasteiger charge is 2.14. The van der Waals surface area contributed by atoms with Crippen LogP contribution in [0, 0.1) is 10.1 Å². The van der Waals surface area contributed by atoms with Gasteiger partial charge in [0.15, 0.2) is 11.6 Å². The molecule has 3 N–H and O–H groups in total. The van der Waals surface area contributed by atoms with E-state index in [0.29, 0.717) is 5.56 Å². The van der Waals surface area contributed by atoms with Crippen LogP contribution in [-0.2, 0) is 0 Å². The lowest BCUT2D eigenvalue weighted by atomic mass is 10.2. The first-order valence-corrected chi connectivity index (χ1v) is 5.94. The number of ether oxygens (including phenoxy) is 1. The summed E-state index contributed by atoms with van der Waals surface area (Å²) in [5.74, 6) is 0.219. The minimum atomic E-state index is -0.568. The predicted octanol–water partition coefficient (Wildman–Crippen LogP) is 2.53. The average molecular weight is 309 g/mol. The van der Waals surface area contributed by atoms with Gasteiger partial charge in [-0.25, -0.2) is 0 Å². The van der Waals surface area contributed by atoms with Crippen LogP contribution in [0.1, 0.15) is 5.56 Å². The fraction of sp³-hybridized carbons (Fsp3) is 0. The van der Waals surface area contributed by atoms with Crippen molar-refractivity contribution in [2.75, 3.05) is 0 Å². The summed E-state index contributed by atoms with van der Waals surface area (Å²) in [5.41, 5.74) is 5.67. The zero-order valence-electron chi connectivity index (χ0n) is 10.4. The zero-order chi connectivity index (χ0) is 15.4. The van der Waals surface area contributed by atoms with E-state index in [0.717, 1.165) is 6.07 Å². The number of benzene rings is 1. The zero-order valence-corrected chi connectivity index (χ0v) is 11.2. The topological polar surface area (TPSA) is 124 Å². The molecule has 0 aliphatic heterocycles. The molecule has 9 heteroatoms. The second-order valence-electron chi connectivity index (χ2n) is 3.83. The Bertz CT molecular complexity index is 720. The summed E-state index contributed by atoms with van der Waals surface area (Å²) < 4.78 is 5.51. The van der Waals surface area contributed by atoms with Crippen LogP contribution in [0.4, 0.5) is 5.69 Å². The van der Waals surface area contributed by atoms with Crippen molar-refractivity contribution in [3.63, 3.8) is 0 Å². The van der Waals surface area contributed by atoms with Gasteiger partial charge < -0.3 is 15.7 Å². The van der Waals surface area contributed by atoms with Crippen molar-refractivity contribution in [2.45, 2.75) is 0 Å². The number of rotatable bonds is 4. The molecule has 0 amide bonds. The highest BCUT2D eigenvalue weighted by Crippen LogP contribution is 2.33. The van der Waals surface area contributed by atoms with E-state index in [9.17, 15) is 10.1 Å². The molecular weight excluding hydrogens is 300 g/mol. The first-order valence-electron chi connectivity index (χ1n) is 5.56. The molecule has 108 valence electrons. The number of aromatic nitrogens is 1. The highest BCUT2D eigenvalue weighted by molar-refractivity contribution is 6.32. The number of nitrogens with two attached hydrogens (primary N) is 1. The number of hydrogen-bond acceptors (Lipinski definition) is 6. The number of oxime groups is 1. The molecule has 2 aromatic rings. The molecule has 0 saturated carbocycles. The normalized spacial score (nSPS) is 11.2. The first kappa shape index (κ1) is 14.5. The molecule has 0 aliphatic carbocycles. The molecule has 0 saturated heterocycles. The lowest BCUT2D eigenvalue weighted by molar-refractivity contribution is -0.384. The van der Waals surface area contributed by atoms with Crippen LogP contribution < -0.4 is 10.5 Å². The van der Waals surface area contributed by atoms with Gasteiger partial charge in [-0.2, -0.15) is 0 Å². The molecule has 0 radical (unpaired) electrons. The number of amidine groups is 1. The Morgan fingerprint density at radius 1 is 1.43 bits per heavy atom. The molecule has 0 aliphatic rings. The number of nitrogens with zero attached hydrogens (tertiary/aromatic N) is 3. The third-order valence-electron chi connectivity index (χ3n) is 2.51. The molecule has 0 atom stereocenters. The Hall–Kier alpha value is -2.87. The number of nitro benzene ring substituents is 1. The smallest absolute Gasteiger partial charge is 0.271 e. The number of pyridine rings is 1. The van der Waals surface area contributed by atoms with Gasteiger partial charge in [0.1, 0.15) is 5.75 Å². The van der Waals surface area contributed by atoms with Gasteiger partial charge in [-0.3, -0.25) is 15.1 Å².